The third-order valence-electron chi connectivity index (χ3n) is 3.77. The number of hydrogen-bond donors (Lipinski definition) is 2. The predicted molar refractivity (Wildman–Crippen MR) is 98.1 cm³/mol. The second-order valence-corrected chi connectivity index (χ2v) is 6.20. The van der Waals surface area contributed by atoms with E-state index in [1.165, 1.54) is 5.56 Å². The summed E-state index contributed by atoms with van der Waals surface area (Å²) in [5, 5.41) is 11.4. The molecule has 2 N–H and O–H groups in total. The van der Waals surface area contributed by atoms with Crippen LogP contribution in [0, 0.1) is 0 Å². The molecule has 2 heterocycles. The van der Waals surface area contributed by atoms with E-state index in [-0.39, 0.29) is 0 Å². The van der Waals surface area contributed by atoms with Crippen LogP contribution in [-0.2, 0) is 13.1 Å². The van der Waals surface area contributed by atoms with Crippen LogP contribution in [0.3, 0.4) is 0 Å². The number of benzene rings is 1. The van der Waals surface area contributed by atoms with Crippen LogP contribution in [0.2, 0.25) is 5.02 Å². The summed E-state index contributed by atoms with van der Waals surface area (Å²) in [4.78, 5) is 6.44. The average molecular weight is 342 g/mol. The largest absolute Gasteiger partial charge is 0.362 e. The molecule has 0 saturated heterocycles. The summed E-state index contributed by atoms with van der Waals surface area (Å²) in [6, 6.07) is 11.8. The van der Waals surface area contributed by atoms with Gasteiger partial charge in [-0.05, 0) is 23.8 Å². The van der Waals surface area contributed by atoms with Crippen LogP contribution in [-0.4, -0.2) is 29.3 Å². The first-order valence-corrected chi connectivity index (χ1v) is 8.13. The molecule has 5 nitrogen and oxygen atoms in total. The van der Waals surface area contributed by atoms with E-state index in [0.29, 0.717) is 0 Å². The number of aromatic amines is 1. The molecule has 1 aromatic carbocycles. The molecule has 24 heavy (non-hydrogen) atoms. The Balaban J connectivity index is 1.69. The van der Waals surface area contributed by atoms with Crippen LogP contribution in [0.4, 0.5) is 5.82 Å². The second kappa shape index (κ2) is 7.47. The van der Waals surface area contributed by atoms with Gasteiger partial charge in [0.25, 0.3) is 0 Å². The summed E-state index contributed by atoms with van der Waals surface area (Å²) in [6.45, 7) is 1.46. The van der Waals surface area contributed by atoms with E-state index >= 15 is 0 Å². The molecule has 0 aliphatic heterocycles. The zero-order chi connectivity index (χ0) is 16.9. The standard InChI is InChI=1S/C18H20ClN5/c1-24(2)18-14(4-3-9-21-18)10-20-11-15-12-22-23-17(15)13-5-7-16(19)8-6-13/h3-9,12,20H,10-11H2,1-2H3,(H,22,23). The molecule has 3 aromatic rings. The van der Waals surface area contributed by atoms with Crippen LogP contribution in [0.25, 0.3) is 11.3 Å². The van der Waals surface area contributed by atoms with Crippen LogP contribution >= 0.6 is 11.6 Å². The maximum absolute atomic E-state index is 5.96. The number of pyridine rings is 1. The molecule has 0 amide bonds. The molecule has 6 heteroatoms. The fraction of sp³-hybridized carbons (Fsp3) is 0.222. The van der Waals surface area contributed by atoms with Crippen molar-refractivity contribution >= 4 is 17.4 Å². The minimum absolute atomic E-state index is 0.718. The Morgan fingerprint density at radius 2 is 1.83 bits per heavy atom. The Morgan fingerprint density at radius 1 is 1.08 bits per heavy atom. The topological polar surface area (TPSA) is 56.8 Å². The Hall–Kier alpha value is -2.37. The summed E-state index contributed by atoms with van der Waals surface area (Å²) < 4.78 is 0. The number of nitrogens with zero attached hydrogens (tertiary/aromatic N) is 3. The van der Waals surface area contributed by atoms with E-state index in [0.717, 1.165) is 40.8 Å². The zero-order valence-electron chi connectivity index (χ0n) is 13.8. The minimum Gasteiger partial charge on any atom is -0.362 e. The fourth-order valence-corrected chi connectivity index (χ4v) is 2.74. The Kier molecular flexibility index (Phi) is 5.13. The number of anilines is 1. The zero-order valence-corrected chi connectivity index (χ0v) is 14.5. The highest BCUT2D eigenvalue weighted by atomic mass is 35.5. The highest BCUT2D eigenvalue weighted by Crippen LogP contribution is 2.23. The molecule has 2 aromatic heterocycles. The molecule has 124 valence electrons. The molecule has 3 rings (SSSR count). The number of hydrogen-bond acceptors (Lipinski definition) is 4. The molecule has 0 bridgehead atoms. The van der Waals surface area contributed by atoms with Crippen molar-refractivity contribution in [2.75, 3.05) is 19.0 Å². The van der Waals surface area contributed by atoms with E-state index < -0.39 is 0 Å². The monoisotopic (exact) mass is 341 g/mol. The van der Waals surface area contributed by atoms with Crippen molar-refractivity contribution in [2.24, 2.45) is 0 Å². The van der Waals surface area contributed by atoms with Crippen molar-refractivity contribution in [3.63, 3.8) is 0 Å². The molecule has 0 saturated carbocycles. The van der Waals surface area contributed by atoms with Crippen LogP contribution in [0.1, 0.15) is 11.1 Å². The van der Waals surface area contributed by atoms with Gasteiger partial charge in [-0.15, -0.1) is 0 Å². The lowest BCUT2D eigenvalue weighted by atomic mass is 10.1. The number of rotatable bonds is 6. The van der Waals surface area contributed by atoms with Crippen molar-refractivity contribution < 1.29 is 0 Å². The molecular formula is C18H20ClN5. The average Bonchev–Trinajstić information content (AvgIpc) is 3.04. The smallest absolute Gasteiger partial charge is 0.132 e. The first kappa shape index (κ1) is 16.5. The Bertz CT molecular complexity index is 795. The van der Waals surface area contributed by atoms with Crippen molar-refractivity contribution in [1.29, 1.82) is 0 Å². The maximum Gasteiger partial charge on any atom is 0.132 e. The second-order valence-electron chi connectivity index (χ2n) is 5.76. The SMILES string of the molecule is CN(C)c1ncccc1CNCc1cn[nH]c1-c1ccc(Cl)cc1. The third kappa shape index (κ3) is 3.75. The third-order valence-corrected chi connectivity index (χ3v) is 4.02. The van der Waals surface area contributed by atoms with E-state index in [4.69, 9.17) is 11.6 Å². The van der Waals surface area contributed by atoms with Gasteiger partial charge >= 0.3 is 0 Å². The van der Waals surface area contributed by atoms with Gasteiger partial charge in [-0.3, -0.25) is 5.10 Å². The number of nitrogens with one attached hydrogen (secondary N) is 2. The lowest BCUT2D eigenvalue weighted by Gasteiger charge is -2.16. The minimum atomic E-state index is 0.718. The van der Waals surface area contributed by atoms with Crippen LogP contribution in [0.5, 0.6) is 0 Å². The summed E-state index contributed by atoms with van der Waals surface area (Å²) in [7, 11) is 4.00. The molecule has 0 aliphatic carbocycles. The highest BCUT2D eigenvalue weighted by Gasteiger charge is 2.09. The van der Waals surface area contributed by atoms with Gasteiger partial charge < -0.3 is 10.2 Å². The summed E-state index contributed by atoms with van der Waals surface area (Å²) >= 11 is 5.96. The number of halogens is 1. The van der Waals surface area contributed by atoms with Crippen molar-refractivity contribution in [1.82, 2.24) is 20.5 Å². The highest BCUT2D eigenvalue weighted by molar-refractivity contribution is 6.30. The summed E-state index contributed by atoms with van der Waals surface area (Å²) in [6.07, 6.45) is 3.67. The lowest BCUT2D eigenvalue weighted by molar-refractivity contribution is 0.691. The van der Waals surface area contributed by atoms with Crippen molar-refractivity contribution in [2.45, 2.75) is 13.1 Å². The van der Waals surface area contributed by atoms with Crippen LogP contribution in [0.15, 0.2) is 48.8 Å². The number of aromatic nitrogens is 3. The predicted octanol–water partition coefficient (Wildman–Crippen LogP) is 3.48. The van der Waals surface area contributed by atoms with E-state index in [9.17, 15) is 0 Å². The van der Waals surface area contributed by atoms with Gasteiger partial charge in [0.1, 0.15) is 5.82 Å². The van der Waals surface area contributed by atoms with Gasteiger partial charge in [0.15, 0.2) is 0 Å². The van der Waals surface area contributed by atoms with Gasteiger partial charge in [-0.25, -0.2) is 4.98 Å². The first-order chi connectivity index (χ1) is 11.6. The van der Waals surface area contributed by atoms with Gasteiger partial charge in [0.05, 0.1) is 11.9 Å². The first-order valence-electron chi connectivity index (χ1n) is 7.75. The van der Waals surface area contributed by atoms with E-state index in [1.54, 1.807) is 0 Å². The maximum atomic E-state index is 5.96. The van der Waals surface area contributed by atoms with Crippen molar-refractivity contribution in [3.8, 4) is 11.3 Å². The van der Waals surface area contributed by atoms with Crippen molar-refractivity contribution in [3.05, 3.63) is 64.9 Å². The lowest BCUT2D eigenvalue weighted by Crippen LogP contribution is -2.18. The van der Waals surface area contributed by atoms with Gasteiger partial charge in [0, 0.05) is 49.5 Å². The molecule has 0 aliphatic rings. The Labute approximate surface area is 146 Å². The van der Waals surface area contributed by atoms with Crippen LogP contribution < -0.4 is 10.2 Å². The molecular weight excluding hydrogens is 322 g/mol. The quantitative estimate of drug-likeness (QED) is 0.720. The Morgan fingerprint density at radius 3 is 2.58 bits per heavy atom. The normalized spacial score (nSPS) is 10.8. The summed E-state index contributed by atoms with van der Waals surface area (Å²) in [5.74, 6) is 0.982. The molecule has 0 spiro atoms. The molecule has 0 fully saturated rings. The fourth-order valence-electron chi connectivity index (χ4n) is 2.61. The van der Waals surface area contributed by atoms with E-state index in [2.05, 4.69) is 26.6 Å². The van der Waals surface area contributed by atoms with Gasteiger partial charge in [-0.2, -0.15) is 5.10 Å². The molecule has 0 radical (unpaired) electrons. The van der Waals surface area contributed by atoms with Gasteiger partial charge in [0.2, 0.25) is 0 Å². The van der Waals surface area contributed by atoms with E-state index in [1.807, 2.05) is 61.7 Å². The molecule has 0 unspecified atom stereocenters. The summed E-state index contributed by atoms with van der Waals surface area (Å²) in [5.41, 5.74) is 4.37. The van der Waals surface area contributed by atoms with Gasteiger partial charge in [-0.1, -0.05) is 29.8 Å². The number of H-pyrrole nitrogens is 1. The molecule has 0 atom stereocenters.